The molecule has 0 amide bonds. The van der Waals surface area contributed by atoms with Crippen molar-refractivity contribution in [3.63, 3.8) is 0 Å². The van der Waals surface area contributed by atoms with E-state index >= 15 is 0 Å². The molecule has 0 saturated carbocycles. The highest BCUT2D eigenvalue weighted by Gasteiger charge is 2.22. The van der Waals surface area contributed by atoms with Gasteiger partial charge in [0.15, 0.2) is 5.78 Å². The van der Waals surface area contributed by atoms with Crippen LogP contribution in [0.15, 0.2) is 30.6 Å². The molecule has 0 aliphatic rings. The average Bonchev–Trinajstić information content (AvgIpc) is 2.68. The smallest absolute Gasteiger partial charge is 0.167 e. The third-order valence-electron chi connectivity index (χ3n) is 5.03. The number of aryl methyl sites for hydroxylation is 1. The predicted molar refractivity (Wildman–Crippen MR) is 115 cm³/mol. The van der Waals surface area contributed by atoms with Gasteiger partial charge in [-0.05, 0) is 31.0 Å². The highest BCUT2D eigenvalue weighted by molar-refractivity contribution is 6.36. The van der Waals surface area contributed by atoms with Gasteiger partial charge in [0.25, 0.3) is 0 Å². The number of carbonyl (C=O) groups is 1. The summed E-state index contributed by atoms with van der Waals surface area (Å²) < 4.78 is 0. The van der Waals surface area contributed by atoms with Gasteiger partial charge in [-0.15, -0.1) is 0 Å². The minimum absolute atomic E-state index is 0.0749. The summed E-state index contributed by atoms with van der Waals surface area (Å²) in [6, 6.07) is 5.90. The van der Waals surface area contributed by atoms with Crippen LogP contribution in [0.1, 0.15) is 68.3 Å². The molecule has 0 bridgehead atoms. The van der Waals surface area contributed by atoms with E-state index in [9.17, 15) is 4.79 Å². The number of ketones is 1. The number of nitrogens with zero attached hydrogens (tertiary/aromatic N) is 3. The minimum Gasteiger partial charge on any atom is -0.294 e. The summed E-state index contributed by atoms with van der Waals surface area (Å²) >= 11 is 6.56. The van der Waals surface area contributed by atoms with Gasteiger partial charge in [-0.2, -0.15) is 0 Å². The summed E-state index contributed by atoms with van der Waals surface area (Å²) in [5.74, 6) is 1.09. The number of halogens is 1. The first kappa shape index (κ1) is 20.4. The molecule has 3 rings (SSSR count). The van der Waals surface area contributed by atoms with E-state index in [-0.39, 0.29) is 17.6 Å². The highest BCUT2D eigenvalue weighted by atomic mass is 35.5. The van der Waals surface area contributed by atoms with Crippen molar-refractivity contribution in [3.8, 4) is 11.1 Å². The summed E-state index contributed by atoms with van der Waals surface area (Å²) in [4.78, 5) is 26.6. The molecule has 1 aromatic carbocycles. The lowest BCUT2D eigenvalue weighted by molar-refractivity contribution is 0.0925. The summed E-state index contributed by atoms with van der Waals surface area (Å²) in [6.45, 7) is 10.0. The zero-order chi connectivity index (χ0) is 20.4. The third kappa shape index (κ3) is 3.93. The molecule has 5 heteroatoms. The number of rotatable bonds is 6. The second-order valence-electron chi connectivity index (χ2n) is 7.66. The molecule has 28 heavy (non-hydrogen) atoms. The molecule has 0 aliphatic carbocycles. The normalized spacial score (nSPS) is 12.5. The summed E-state index contributed by atoms with van der Waals surface area (Å²) in [5.41, 5.74) is 3.88. The van der Waals surface area contributed by atoms with Crippen LogP contribution in [0.3, 0.4) is 0 Å². The lowest BCUT2D eigenvalue weighted by Crippen LogP contribution is -2.13. The van der Waals surface area contributed by atoms with Crippen LogP contribution in [-0.4, -0.2) is 20.7 Å². The lowest BCUT2D eigenvalue weighted by atomic mass is 9.91. The maximum absolute atomic E-state index is 13.2. The number of benzene rings is 1. The van der Waals surface area contributed by atoms with Gasteiger partial charge in [-0.3, -0.25) is 9.78 Å². The van der Waals surface area contributed by atoms with Crippen molar-refractivity contribution >= 4 is 28.3 Å². The number of pyridine rings is 1. The van der Waals surface area contributed by atoms with Crippen molar-refractivity contribution in [2.24, 2.45) is 5.92 Å². The van der Waals surface area contributed by atoms with E-state index < -0.39 is 0 Å². The van der Waals surface area contributed by atoms with Crippen molar-refractivity contribution in [2.75, 3.05) is 0 Å². The first-order valence-corrected chi connectivity index (χ1v) is 10.2. The number of hydrogen-bond acceptors (Lipinski definition) is 4. The van der Waals surface area contributed by atoms with E-state index in [2.05, 4.69) is 35.7 Å². The Morgan fingerprint density at radius 3 is 2.39 bits per heavy atom. The maximum Gasteiger partial charge on any atom is 0.167 e. The van der Waals surface area contributed by atoms with E-state index in [0.29, 0.717) is 16.3 Å². The van der Waals surface area contributed by atoms with Gasteiger partial charge in [0.1, 0.15) is 5.82 Å². The Bertz CT molecular complexity index is 1010. The van der Waals surface area contributed by atoms with Gasteiger partial charge < -0.3 is 0 Å². The quantitative estimate of drug-likeness (QED) is 0.453. The standard InChI is InChI=1S/C23H26ClN3O/c1-6-7-14(4)22(28)20-18-10-16(8-9-19(18)27-15(5)21(20)24)17-11-25-23(13(2)3)26-12-17/h8-14H,6-7H2,1-5H3. The molecule has 146 valence electrons. The Morgan fingerprint density at radius 2 is 1.79 bits per heavy atom. The highest BCUT2D eigenvalue weighted by Crippen LogP contribution is 2.33. The molecule has 1 unspecified atom stereocenters. The fraction of sp³-hybridized carbons (Fsp3) is 0.391. The summed E-state index contributed by atoms with van der Waals surface area (Å²) in [6.07, 6.45) is 5.45. The molecule has 2 aromatic heterocycles. The second-order valence-corrected chi connectivity index (χ2v) is 8.03. The van der Waals surface area contributed by atoms with Gasteiger partial charge in [-0.25, -0.2) is 9.97 Å². The van der Waals surface area contributed by atoms with Crippen LogP contribution < -0.4 is 0 Å². The lowest BCUT2D eigenvalue weighted by Gasteiger charge is -2.15. The molecular weight excluding hydrogens is 370 g/mol. The van der Waals surface area contributed by atoms with Crippen LogP contribution >= 0.6 is 11.6 Å². The van der Waals surface area contributed by atoms with Gasteiger partial charge >= 0.3 is 0 Å². The molecule has 0 aliphatic heterocycles. The van der Waals surface area contributed by atoms with Gasteiger partial charge in [0.2, 0.25) is 0 Å². The topological polar surface area (TPSA) is 55.7 Å². The van der Waals surface area contributed by atoms with Gasteiger partial charge in [0.05, 0.1) is 16.2 Å². The van der Waals surface area contributed by atoms with E-state index in [0.717, 1.165) is 40.7 Å². The van der Waals surface area contributed by atoms with Crippen LogP contribution in [0, 0.1) is 12.8 Å². The van der Waals surface area contributed by atoms with Crippen LogP contribution in [-0.2, 0) is 0 Å². The first-order chi connectivity index (χ1) is 13.3. The molecule has 4 nitrogen and oxygen atoms in total. The van der Waals surface area contributed by atoms with Crippen LogP contribution in [0.5, 0.6) is 0 Å². The van der Waals surface area contributed by atoms with Crippen LogP contribution in [0.2, 0.25) is 5.02 Å². The third-order valence-corrected chi connectivity index (χ3v) is 5.49. The van der Waals surface area contributed by atoms with Gasteiger partial charge in [-0.1, -0.05) is 51.8 Å². The number of Topliss-reactive ketones (excluding diaryl/α,β-unsaturated/α-hetero) is 1. The van der Waals surface area contributed by atoms with E-state index in [1.165, 1.54) is 0 Å². The molecular formula is C23H26ClN3O. The van der Waals surface area contributed by atoms with Crippen molar-refractivity contribution in [3.05, 3.63) is 52.7 Å². The largest absolute Gasteiger partial charge is 0.294 e. The Kier molecular flexibility index (Phi) is 6.09. The summed E-state index contributed by atoms with van der Waals surface area (Å²) in [7, 11) is 0. The first-order valence-electron chi connectivity index (χ1n) is 9.79. The molecule has 3 aromatic rings. The molecule has 1 atom stereocenters. The zero-order valence-electron chi connectivity index (χ0n) is 17.1. The number of fused-ring (bicyclic) bond motifs is 1. The van der Waals surface area contributed by atoms with Crippen LogP contribution in [0.4, 0.5) is 0 Å². The summed E-state index contributed by atoms with van der Waals surface area (Å²) in [5, 5.41) is 1.23. The second kappa shape index (κ2) is 8.36. The molecule has 0 spiro atoms. The predicted octanol–water partition coefficient (Wildman–Crippen LogP) is 6.40. The molecule has 0 radical (unpaired) electrons. The molecule has 0 saturated heterocycles. The van der Waals surface area contributed by atoms with Crippen molar-refractivity contribution in [2.45, 2.75) is 53.4 Å². The van der Waals surface area contributed by atoms with Crippen molar-refractivity contribution < 1.29 is 4.79 Å². The molecule has 0 fully saturated rings. The van der Waals surface area contributed by atoms with E-state index in [4.69, 9.17) is 11.6 Å². The fourth-order valence-corrected chi connectivity index (χ4v) is 3.62. The number of aromatic nitrogens is 3. The van der Waals surface area contributed by atoms with Crippen molar-refractivity contribution in [1.29, 1.82) is 0 Å². The Hall–Kier alpha value is -2.33. The Balaban J connectivity index is 2.15. The fourth-order valence-electron chi connectivity index (χ4n) is 3.38. The zero-order valence-corrected chi connectivity index (χ0v) is 17.8. The van der Waals surface area contributed by atoms with Crippen LogP contribution in [0.25, 0.3) is 22.0 Å². The van der Waals surface area contributed by atoms with E-state index in [1.807, 2.05) is 44.4 Å². The van der Waals surface area contributed by atoms with Crippen molar-refractivity contribution in [1.82, 2.24) is 15.0 Å². The Morgan fingerprint density at radius 1 is 1.11 bits per heavy atom. The Labute approximate surface area is 171 Å². The molecule has 0 N–H and O–H groups in total. The van der Waals surface area contributed by atoms with E-state index in [1.54, 1.807) is 0 Å². The monoisotopic (exact) mass is 395 g/mol. The minimum atomic E-state index is -0.0789. The molecule has 2 heterocycles. The van der Waals surface area contributed by atoms with Gasteiger partial charge in [0, 0.05) is 40.7 Å². The number of carbonyl (C=O) groups excluding carboxylic acids is 1. The number of hydrogen-bond donors (Lipinski definition) is 0. The average molecular weight is 396 g/mol. The SMILES string of the molecule is CCCC(C)C(=O)c1c(Cl)c(C)nc2ccc(-c3cnc(C(C)C)nc3)cc12. The maximum atomic E-state index is 13.2.